The highest BCUT2D eigenvalue weighted by molar-refractivity contribution is 7.89. The second-order valence-corrected chi connectivity index (χ2v) is 10.4. The number of rotatable bonds is 4. The van der Waals surface area contributed by atoms with Crippen molar-refractivity contribution in [3.05, 3.63) is 41.1 Å². The van der Waals surface area contributed by atoms with Crippen molar-refractivity contribution in [3.8, 4) is 0 Å². The molecule has 156 valence electrons. The van der Waals surface area contributed by atoms with Gasteiger partial charge in [0.15, 0.2) is 0 Å². The van der Waals surface area contributed by atoms with Crippen LogP contribution >= 0.6 is 0 Å². The highest BCUT2D eigenvalue weighted by Gasteiger charge is 2.31. The van der Waals surface area contributed by atoms with E-state index in [-0.39, 0.29) is 10.8 Å². The van der Waals surface area contributed by atoms with E-state index in [9.17, 15) is 13.2 Å². The molecule has 4 rings (SSSR count). The standard InChI is InChI=1S/C21H28N4O3S/c1-14-11-15(2)13-25(12-14)29(27,28)17-9-7-16(8-10-17)21(26)22-20-18-5-4-6-19(18)23-24(20)3/h7-10,14-15H,4-6,11-13H2,1-3H3,(H,22,26). The number of aromatic nitrogens is 2. The molecule has 2 aliphatic rings. The van der Waals surface area contributed by atoms with Crippen molar-refractivity contribution in [2.24, 2.45) is 18.9 Å². The average Bonchev–Trinajstić information content (AvgIpc) is 3.23. The predicted molar refractivity (Wildman–Crippen MR) is 111 cm³/mol. The summed E-state index contributed by atoms with van der Waals surface area (Å²) in [5.74, 6) is 1.17. The highest BCUT2D eigenvalue weighted by Crippen LogP contribution is 2.29. The van der Waals surface area contributed by atoms with Crippen LogP contribution in [0.1, 0.15) is 48.3 Å². The highest BCUT2D eigenvalue weighted by atomic mass is 32.2. The molecular weight excluding hydrogens is 388 g/mol. The van der Waals surface area contributed by atoms with Gasteiger partial charge < -0.3 is 5.32 Å². The summed E-state index contributed by atoms with van der Waals surface area (Å²) in [7, 11) is -1.72. The van der Waals surface area contributed by atoms with E-state index >= 15 is 0 Å². The summed E-state index contributed by atoms with van der Waals surface area (Å²) in [6.07, 6.45) is 3.96. The lowest BCUT2D eigenvalue weighted by atomic mass is 9.94. The molecule has 1 N–H and O–H groups in total. The van der Waals surface area contributed by atoms with Crippen LogP contribution in [0.25, 0.3) is 0 Å². The van der Waals surface area contributed by atoms with Crippen LogP contribution in [-0.4, -0.2) is 41.5 Å². The first-order valence-corrected chi connectivity index (χ1v) is 11.7. The number of hydrogen-bond acceptors (Lipinski definition) is 4. The number of aryl methyl sites for hydroxylation is 2. The van der Waals surface area contributed by atoms with Crippen LogP contribution in [0.4, 0.5) is 5.82 Å². The summed E-state index contributed by atoms with van der Waals surface area (Å²) < 4.78 is 29.3. The number of amides is 1. The molecule has 0 spiro atoms. The zero-order chi connectivity index (χ0) is 20.8. The second kappa shape index (κ2) is 7.57. The maximum absolute atomic E-state index is 13.0. The monoisotopic (exact) mass is 416 g/mol. The molecule has 8 heteroatoms. The molecule has 0 saturated carbocycles. The molecule has 0 radical (unpaired) electrons. The molecular formula is C21H28N4O3S. The topological polar surface area (TPSA) is 84.3 Å². The number of carbonyl (C=O) groups is 1. The molecule has 1 aliphatic carbocycles. The number of fused-ring (bicyclic) bond motifs is 1. The summed E-state index contributed by atoms with van der Waals surface area (Å²) in [4.78, 5) is 12.9. The van der Waals surface area contributed by atoms with E-state index in [1.807, 2.05) is 7.05 Å². The molecule has 1 saturated heterocycles. The van der Waals surface area contributed by atoms with Crippen molar-refractivity contribution in [2.45, 2.75) is 44.4 Å². The molecule has 2 aromatic rings. The Labute approximate surface area is 172 Å². The Bertz CT molecular complexity index is 1020. The van der Waals surface area contributed by atoms with E-state index in [2.05, 4.69) is 24.3 Å². The van der Waals surface area contributed by atoms with Crippen LogP contribution in [0.2, 0.25) is 0 Å². The fourth-order valence-corrected chi connectivity index (χ4v) is 6.26. The van der Waals surface area contributed by atoms with Gasteiger partial charge in [-0.05, 0) is 61.8 Å². The van der Waals surface area contributed by atoms with Crippen molar-refractivity contribution in [1.82, 2.24) is 14.1 Å². The Morgan fingerprint density at radius 1 is 1.10 bits per heavy atom. The van der Waals surface area contributed by atoms with E-state index < -0.39 is 10.0 Å². The van der Waals surface area contributed by atoms with Crippen molar-refractivity contribution in [2.75, 3.05) is 18.4 Å². The molecule has 1 amide bonds. The molecule has 2 atom stereocenters. The SMILES string of the molecule is CC1CC(C)CN(S(=O)(=O)c2ccc(C(=O)Nc3c4c(nn3C)CCC4)cc2)C1. The molecule has 2 unspecified atom stereocenters. The normalized spacial score (nSPS) is 22.4. The van der Waals surface area contributed by atoms with Crippen LogP contribution in [0.15, 0.2) is 29.2 Å². The summed E-state index contributed by atoms with van der Waals surface area (Å²) in [5.41, 5.74) is 2.58. The minimum atomic E-state index is -3.55. The zero-order valence-electron chi connectivity index (χ0n) is 17.2. The second-order valence-electron chi connectivity index (χ2n) is 8.50. The first kappa shape index (κ1) is 20.1. The molecule has 1 aliphatic heterocycles. The van der Waals surface area contributed by atoms with Gasteiger partial charge in [0.05, 0.1) is 10.6 Å². The Morgan fingerprint density at radius 3 is 2.41 bits per heavy atom. The van der Waals surface area contributed by atoms with Gasteiger partial charge in [0.1, 0.15) is 5.82 Å². The van der Waals surface area contributed by atoms with Gasteiger partial charge in [-0.15, -0.1) is 0 Å². The zero-order valence-corrected chi connectivity index (χ0v) is 18.0. The third-order valence-corrected chi connectivity index (χ3v) is 7.74. The summed E-state index contributed by atoms with van der Waals surface area (Å²) in [5, 5.41) is 7.41. The van der Waals surface area contributed by atoms with Gasteiger partial charge in [-0.2, -0.15) is 9.40 Å². The number of nitrogens with one attached hydrogen (secondary N) is 1. The Balaban J connectivity index is 1.51. The van der Waals surface area contributed by atoms with Gasteiger partial charge in [-0.3, -0.25) is 9.48 Å². The maximum atomic E-state index is 13.0. The summed E-state index contributed by atoms with van der Waals surface area (Å²) in [6, 6.07) is 6.22. The predicted octanol–water partition coefficient (Wildman–Crippen LogP) is 2.83. The van der Waals surface area contributed by atoms with Crippen LogP contribution in [0.3, 0.4) is 0 Å². The van der Waals surface area contributed by atoms with Gasteiger partial charge in [-0.25, -0.2) is 8.42 Å². The molecule has 0 bridgehead atoms. The molecule has 7 nitrogen and oxygen atoms in total. The van der Waals surface area contributed by atoms with E-state index in [0.29, 0.717) is 30.5 Å². The number of anilines is 1. The Kier molecular flexibility index (Phi) is 5.25. The minimum absolute atomic E-state index is 0.233. The van der Waals surface area contributed by atoms with Gasteiger partial charge in [0, 0.05) is 31.3 Å². The third-order valence-electron chi connectivity index (χ3n) is 5.89. The lowest BCUT2D eigenvalue weighted by Gasteiger charge is -2.34. The van der Waals surface area contributed by atoms with Gasteiger partial charge in [-0.1, -0.05) is 13.8 Å². The molecule has 1 fully saturated rings. The Morgan fingerprint density at radius 2 is 1.76 bits per heavy atom. The summed E-state index contributed by atoms with van der Waals surface area (Å²) in [6.45, 7) is 5.25. The fraction of sp³-hybridized carbons (Fsp3) is 0.524. The number of hydrogen-bond donors (Lipinski definition) is 1. The van der Waals surface area contributed by atoms with Crippen LogP contribution < -0.4 is 5.32 Å². The number of piperidine rings is 1. The van der Waals surface area contributed by atoms with Gasteiger partial charge >= 0.3 is 0 Å². The van der Waals surface area contributed by atoms with E-state index in [1.54, 1.807) is 21.1 Å². The summed E-state index contributed by atoms with van der Waals surface area (Å²) >= 11 is 0. The molecule has 1 aromatic carbocycles. The Hall–Kier alpha value is -2.19. The van der Waals surface area contributed by atoms with E-state index in [1.165, 1.54) is 12.1 Å². The fourth-order valence-electron chi connectivity index (χ4n) is 4.59. The number of benzene rings is 1. The minimum Gasteiger partial charge on any atom is -0.307 e. The first-order chi connectivity index (χ1) is 13.8. The smallest absolute Gasteiger partial charge is 0.256 e. The molecule has 1 aromatic heterocycles. The quantitative estimate of drug-likeness (QED) is 0.831. The van der Waals surface area contributed by atoms with E-state index in [0.717, 1.165) is 42.8 Å². The lowest BCUT2D eigenvalue weighted by Crippen LogP contribution is -2.42. The molecule has 2 heterocycles. The number of nitrogens with zero attached hydrogens (tertiary/aromatic N) is 3. The number of carbonyl (C=O) groups excluding carboxylic acids is 1. The average molecular weight is 417 g/mol. The van der Waals surface area contributed by atoms with Crippen LogP contribution in [0, 0.1) is 11.8 Å². The van der Waals surface area contributed by atoms with Crippen LogP contribution in [-0.2, 0) is 29.9 Å². The largest absolute Gasteiger partial charge is 0.307 e. The van der Waals surface area contributed by atoms with Crippen LogP contribution in [0.5, 0.6) is 0 Å². The first-order valence-electron chi connectivity index (χ1n) is 10.2. The van der Waals surface area contributed by atoms with Gasteiger partial charge in [0.2, 0.25) is 10.0 Å². The molecule has 29 heavy (non-hydrogen) atoms. The van der Waals surface area contributed by atoms with Crippen molar-refractivity contribution >= 4 is 21.7 Å². The van der Waals surface area contributed by atoms with Gasteiger partial charge in [0.25, 0.3) is 5.91 Å². The van der Waals surface area contributed by atoms with E-state index in [4.69, 9.17) is 0 Å². The van der Waals surface area contributed by atoms with Crippen molar-refractivity contribution in [3.63, 3.8) is 0 Å². The van der Waals surface area contributed by atoms with Crippen molar-refractivity contribution < 1.29 is 13.2 Å². The number of sulfonamides is 1. The lowest BCUT2D eigenvalue weighted by molar-refractivity contribution is 0.102. The van der Waals surface area contributed by atoms with Crippen molar-refractivity contribution in [1.29, 1.82) is 0 Å². The maximum Gasteiger partial charge on any atom is 0.256 e. The third kappa shape index (κ3) is 3.83.